The summed E-state index contributed by atoms with van der Waals surface area (Å²) in [6, 6.07) is 4.04. The van der Waals surface area contributed by atoms with E-state index in [9.17, 15) is 9.59 Å². The van der Waals surface area contributed by atoms with E-state index in [1.165, 1.54) is 12.5 Å². The third-order valence-corrected chi connectivity index (χ3v) is 5.00. The number of nitrogens with zero attached hydrogens (tertiary/aromatic N) is 4. The second-order valence-electron chi connectivity index (χ2n) is 7.01. The van der Waals surface area contributed by atoms with Crippen molar-refractivity contribution in [2.45, 2.75) is 45.1 Å². The first-order valence-electron chi connectivity index (χ1n) is 9.55. The van der Waals surface area contributed by atoms with Crippen LogP contribution in [0.15, 0.2) is 36.9 Å². The van der Waals surface area contributed by atoms with E-state index >= 15 is 0 Å². The predicted octanol–water partition coefficient (Wildman–Crippen LogP) is 1.95. The van der Waals surface area contributed by atoms with Crippen molar-refractivity contribution in [1.29, 1.82) is 0 Å². The standard InChI is InChI=1S/C20H27N5O2/c1-16(26)22-8-2-3-19(27)24-12-6-18(7-13-24)20-23-11-14-25(20)15-17-4-9-21-10-5-17/h4-5,9-11,14,18H,2-3,6-8,12-13,15H2,1H3,(H,22,26). The summed E-state index contributed by atoms with van der Waals surface area (Å²) >= 11 is 0. The molecule has 0 unspecified atom stereocenters. The van der Waals surface area contributed by atoms with Gasteiger partial charge in [-0.1, -0.05) is 0 Å². The zero-order valence-corrected chi connectivity index (χ0v) is 15.8. The van der Waals surface area contributed by atoms with Crippen LogP contribution in [-0.2, 0) is 16.1 Å². The summed E-state index contributed by atoms with van der Waals surface area (Å²) < 4.78 is 2.20. The lowest BCUT2D eigenvalue weighted by molar-refractivity contribution is -0.132. The van der Waals surface area contributed by atoms with E-state index in [2.05, 4.69) is 19.9 Å². The van der Waals surface area contributed by atoms with Gasteiger partial charge in [0.2, 0.25) is 11.8 Å². The van der Waals surface area contributed by atoms with Crippen LogP contribution >= 0.6 is 0 Å². The van der Waals surface area contributed by atoms with Crippen molar-refractivity contribution >= 4 is 11.8 Å². The Bertz CT molecular complexity index is 751. The molecule has 1 aliphatic heterocycles. The van der Waals surface area contributed by atoms with Crippen LogP contribution in [0.1, 0.15) is 49.9 Å². The molecule has 0 bridgehead atoms. The van der Waals surface area contributed by atoms with Crippen LogP contribution in [0.2, 0.25) is 0 Å². The summed E-state index contributed by atoms with van der Waals surface area (Å²) in [4.78, 5) is 33.8. The first-order chi connectivity index (χ1) is 13.1. The highest BCUT2D eigenvalue weighted by atomic mass is 16.2. The summed E-state index contributed by atoms with van der Waals surface area (Å²) in [6.45, 7) is 4.38. The van der Waals surface area contributed by atoms with E-state index in [0.29, 0.717) is 25.3 Å². The Morgan fingerprint density at radius 1 is 1.19 bits per heavy atom. The molecule has 0 spiro atoms. The number of carbonyl (C=O) groups excluding carboxylic acids is 2. The van der Waals surface area contributed by atoms with Gasteiger partial charge in [-0.2, -0.15) is 0 Å². The Kier molecular flexibility index (Phi) is 6.57. The number of carbonyl (C=O) groups is 2. The Morgan fingerprint density at radius 3 is 2.63 bits per heavy atom. The van der Waals surface area contributed by atoms with Crippen molar-refractivity contribution in [1.82, 2.24) is 24.8 Å². The zero-order chi connectivity index (χ0) is 19.1. The van der Waals surface area contributed by atoms with Crippen LogP contribution in [0.4, 0.5) is 0 Å². The summed E-state index contributed by atoms with van der Waals surface area (Å²) in [6.07, 6.45) is 10.5. The van der Waals surface area contributed by atoms with Crippen molar-refractivity contribution in [3.63, 3.8) is 0 Å². The Hall–Kier alpha value is -2.70. The maximum absolute atomic E-state index is 12.3. The van der Waals surface area contributed by atoms with Gasteiger partial charge in [-0.05, 0) is 37.0 Å². The molecule has 0 atom stereocenters. The number of aromatic nitrogens is 3. The second-order valence-corrected chi connectivity index (χ2v) is 7.01. The largest absolute Gasteiger partial charge is 0.356 e. The molecular weight excluding hydrogens is 342 g/mol. The molecule has 27 heavy (non-hydrogen) atoms. The van der Waals surface area contributed by atoms with Crippen molar-refractivity contribution in [2.24, 2.45) is 0 Å². The average Bonchev–Trinajstić information content (AvgIpc) is 3.14. The van der Waals surface area contributed by atoms with Crippen LogP contribution in [-0.4, -0.2) is 50.9 Å². The number of piperidine rings is 1. The SMILES string of the molecule is CC(=O)NCCCC(=O)N1CCC(c2nccn2Cc2ccncc2)CC1. The lowest BCUT2D eigenvalue weighted by Gasteiger charge is -2.32. The number of imidazole rings is 1. The molecule has 7 heteroatoms. The number of rotatable bonds is 7. The van der Waals surface area contributed by atoms with Crippen LogP contribution in [0.5, 0.6) is 0 Å². The molecule has 0 aliphatic carbocycles. The molecule has 0 aromatic carbocycles. The number of amides is 2. The molecule has 1 aliphatic rings. The molecular formula is C20H27N5O2. The van der Waals surface area contributed by atoms with Gasteiger partial charge in [0.05, 0.1) is 0 Å². The summed E-state index contributed by atoms with van der Waals surface area (Å²) in [5, 5.41) is 2.73. The highest BCUT2D eigenvalue weighted by Gasteiger charge is 2.26. The minimum Gasteiger partial charge on any atom is -0.356 e. The fourth-order valence-electron chi connectivity index (χ4n) is 3.55. The topological polar surface area (TPSA) is 80.1 Å². The van der Waals surface area contributed by atoms with Crippen LogP contribution in [0, 0.1) is 0 Å². The Balaban J connectivity index is 1.49. The lowest BCUT2D eigenvalue weighted by atomic mass is 9.95. The van der Waals surface area contributed by atoms with Crippen molar-refractivity contribution < 1.29 is 9.59 Å². The molecule has 0 saturated carbocycles. The third kappa shape index (κ3) is 5.39. The van der Waals surface area contributed by atoms with Crippen LogP contribution in [0.25, 0.3) is 0 Å². The maximum atomic E-state index is 12.3. The van der Waals surface area contributed by atoms with E-state index in [1.54, 1.807) is 0 Å². The van der Waals surface area contributed by atoms with Crippen LogP contribution in [0.3, 0.4) is 0 Å². The molecule has 0 radical (unpaired) electrons. The van der Waals surface area contributed by atoms with Crippen molar-refractivity contribution in [2.75, 3.05) is 19.6 Å². The maximum Gasteiger partial charge on any atom is 0.222 e. The number of likely N-dealkylation sites (tertiary alicyclic amines) is 1. The zero-order valence-electron chi connectivity index (χ0n) is 15.8. The smallest absolute Gasteiger partial charge is 0.222 e. The molecule has 3 rings (SSSR count). The van der Waals surface area contributed by atoms with Gasteiger partial charge in [-0.15, -0.1) is 0 Å². The Morgan fingerprint density at radius 2 is 1.93 bits per heavy atom. The summed E-state index contributed by atoms with van der Waals surface area (Å²) in [7, 11) is 0. The summed E-state index contributed by atoms with van der Waals surface area (Å²) in [5.74, 6) is 1.61. The van der Waals surface area contributed by atoms with Gasteiger partial charge in [0.25, 0.3) is 0 Å². The van der Waals surface area contributed by atoms with Gasteiger partial charge >= 0.3 is 0 Å². The van der Waals surface area contributed by atoms with Gasteiger partial charge in [0, 0.05) is 70.2 Å². The van der Waals surface area contributed by atoms with E-state index < -0.39 is 0 Å². The number of hydrogen-bond acceptors (Lipinski definition) is 4. The first-order valence-corrected chi connectivity index (χ1v) is 9.55. The number of pyridine rings is 1. The average molecular weight is 369 g/mol. The minimum absolute atomic E-state index is 0.0504. The molecule has 3 heterocycles. The molecule has 144 valence electrons. The predicted molar refractivity (Wildman–Crippen MR) is 102 cm³/mol. The third-order valence-electron chi connectivity index (χ3n) is 5.00. The van der Waals surface area contributed by atoms with Gasteiger partial charge in [-0.25, -0.2) is 4.98 Å². The molecule has 1 fully saturated rings. The monoisotopic (exact) mass is 369 g/mol. The van der Waals surface area contributed by atoms with Gasteiger partial charge in [0.1, 0.15) is 5.82 Å². The van der Waals surface area contributed by atoms with Gasteiger partial charge in [0.15, 0.2) is 0 Å². The fraction of sp³-hybridized carbons (Fsp3) is 0.500. The fourth-order valence-corrected chi connectivity index (χ4v) is 3.55. The quantitative estimate of drug-likeness (QED) is 0.757. The molecule has 2 aromatic rings. The van der Waals surface area contributed by atoms with Crippen molar-refractivity contribution in [3.05, 3.63) is 48.3 Å². The van der Waals surface area contributed by atoms with E-state index in [1.807, 2.05) is 41.8 Å². The summed E-state index contributed by atoms with van der Waals surface area (Å²) in [5.41, 5.74) is 1.20. The highest BCUT2D eigenvalue weighted by molar-refractivity contribution is 5.76. The first kappa shape index (κ1) is 19.1. The number of nitrogens with one attached hydrogen (secondary N) is 1. The molecule has 2 amide bonds. The minimum atomic E-state index is -0.0504. The lowest BCUT2D eigenvalue weighted by Crippen LogP contribution is -2.38. The van der Waals surface area contributed by atoms with E-state index in [0.717, 1.165) is 38.3 Å². The number of hydrogen-bond donors (Lipinski definition) is 1. The van der Waals surface area contributed by atoms with Gasteiger partial charge in [-0.3, -0.25) is 14.6 Å². The highest BCUT2D eigenvalue weighted by Crippen LogP contribution is 2.27. The van der Waals surface area contributed by atoms with Crippen molar-refractivity contribution in [3.8, 4) is 0 Å². The molecule has 1 saturated heterocycles. The van der Waals surface area contributed by atoms with Gasteiger partial charge < -0.3 is 14.8 Å². The normalized spacial score (nSPS) is 14.9. The Labute approximate surface area is 159 Å². The van der Waals surface area contributed by atoms with E-state index in [-0.39, 0.29) is 11.8 Å². The second kappa shape index (κ2) is 9.30. The molecule has 7 nitrogen and oxygen atoms in total. The van der Waals surface area contributed by atoms with Crippen LogP contribution < -0.4 is 5.32 Å². The van der Waals surface area contributed by atoms with E-state index in [4.69, 9.17) is 0 Å². The molecule has 1 N–H and O–H groups in total. The molecule has 2 aromatic heterocycles.